The number of unbranched alkanes of at least 4 members (excludes halogenated alkanes) is 12. The van der Waals surface area contributed by atoms with Gasteiger partial charge in [0.25, 0.3) is 0 Å². The number of nitrogens with one attached hydrogen (secondary N) is 4. The third-order valence-corrected chi connectivity index (χ3v) is 33.2. The van der Waals surface area contributed by atoms with Gasteiger partial charge in [0.05, 0.1) is 76.2 Å². The summed E-state index contributed by atoms with van der Waals surface area (Å²) in [4.78, 5) is 48.1. The standard InChI is InChI=1S/C124H146N8S4/c1-21-41-45-49-59-79-69-117(133-113(79)65-55-53-63-99-121-95(37-17)91(33-13)109(129-121)75-105-87(29-9)83(25-5)101(125-105)73-102-84(26-6)88(30-10)106(126-102)76-110-92(34-14)96(38-18)122(99)130-110)119-71-81(61-51-47-43-23-3)115(135-119)67-57-58-68-116-82(62-52-48-44-24-4)72-120(136-116)118-70-80(60-50-46-42-22-2)114(134-118)66-56-54-64-100-123-97(39-19)93(35-15)111(131-123)77-107-89(31-11)85(27-7)103(127-107)74-104-86(28-8)90(32-12)108(128-104)78-112-94(36-16)98(40-20)124(100)132-112/h69-78,125-128H,21-52,59-62H2,1-20H3. The van der Waals surface area contributed by atoms with Crippen LogP contribution in [0, 0.1) is 71.0 Å². The van der Waals surface area contributed by atoms with Crippen molar-refractivity contribution in [3.63, 3.8) is 0 Å². The van der Waals surface area contributed by atoms with E-state index in [2.05, 4.69) is 290 Å². The summed E-state index contributed by atoms with van der Waals surface area (Å²) in [5.41, 5.74) is 44.9. The fraction of sp³-hybridized carbons (Fsp3) is 0.452. The fourth-order valence-corrected chi connectivity index (χ4v) is 25.9. The van der Waals surface area contributed by atoms with Crippen LogP contribution in [0.1, 0.15) is 436 Å². The summed E-state index contributed by atoms with van der Waals surface area (Å²) < 4.78 is 0. The van der Waals surface area contributed by atoms with Gasteiger partial charge >= 0.3 is 0 Å². The topological polar surface area (TPSA) is 115 Å². The molecule has 0 unspecified atom stereocenters. The zero-order valence-corrected chi connectivity index (χ0v) is 88.9. The summed E-state index contributed by atoms with van der Waals surface area (Å²) in [6.45, 7) is 45.7. The van der Waals surface area contributed by atoms with Crippen LogP contribution in [0.15, 0.2) is 60.7 Å². The Morgan fingerprint density at radius 2 is 0.397 bits per heavy atom. The van der Waals surface area contributed by atoms with E-state index in [-0.39, 0.29) is 0 Å². The first-order chi connectivity index (χ1) is 66.6. The maximum absolute atomic E-state index is 5.71. The first-order valence-electron chi connectivity index (χ1n) is 52.7. The molecule has 0 aromatic carbocycles. The minimum Gasteiger partial charge on any atom is -0.355 e. The predicted molar refractivity (Wildman–Crippen MR) is 595 cm³/mol. The summed E-state index contributed by atoms with van der Waals surface area (Å²) >= 11 is 7.27. The number of rotatable bonds is 38. The Hall–Kier alpha value is -10.6. The van der Waals surface area contributed by atoms with Crippen molar-refractivity contribution >= 4 is 134 Å². The number of nitrogens with zero attached hydrogens (tertiary/aromatic N) is 4. The minimum absolute atomic E-state index is 0.819. The van der Waals surface area contributed by atoms with Crippen molar-refractivity contribution < 1.29 is 0 Å². The highest BCUT2D eigenvalue weighted by atomic mass is 32.1. The molecule has 10 aromatic rings. The van der Waals surface area contributed by atoms with Gasteiger partial charge in [-0.2, -0.15) is 0 Å². The molecule has 0 spiro atoms. The molecule has 10 aromatic heterocycles. The van der Waals surface area contributed by atoms with E-state index in [0.717, 1.165) is 252 Å². The molecule has 12 heteroatoms. The highest BCUT2D eigenvalue weighted by molar-refractivity contribution is 7.23. The van der Waals surface area contributed by atoms with Gasteiger partial charge in [-0.25, -0.2) is 19.9 Å². The molecule has 136 heavy (non-hydrogen) atoms. The van der Waals surface area contributed by atoms with Crippen LogP contribution in [0.4, 0.5) is 0 Å². The highest BCUT2D eigenvalue weighted by Crippen LogP contribution is 2.47. The molecule has 4 N–H and O–H groups in total. The number of aromatic amines is 4. The van der Waals surface area contributed by atoms with E-state index in [1.807, 2.05) is 45.3 Å². The second-order valence-corrected chi connectivity index (χ2v) is 40.9. The third-order valence-electron chi connectivity index (χ3n) is 28.4. The van der Waals surface area contributed by atoms with E-state index < -0.39 is 0 Å². The lowest BCUT2D eigenvalue weighted by Gasteiger charge is -2.08. The van der Waals surface area contributed by atoms with E-state index >= 15 is 0 Å². The van der Waals surface area contributed by atoms with Crippen LogP contribution in [0.25, 0.3) is 108 Å². The number of thiophene rings is 4. The summed E-state index contributed by atoms with van der Waals surface area (Å²) in [6.07, 6.45) is 36.8. The molecule has 0 atom stereocenters. The molecule has 0 fully saturated rings. The van der Waals surface area contributed by atoms with Gasteiger partial charge in [0.2, 0.25) is 0 Å². The molecule has 0 aliphatic carbocycles. The largest absolute Gasteiger partial charge is 0.355 e. The first-order valence-corrected chi connectivity index (χ1v) is 55.9. The van der Waals surface area contributed by atoms with Gasteiger partial charge in [-0.05, 0) is 397 Å². The van der Waals surface area contributed by atoms with Crippen LogP contribution in [-0.2, 0) is 77.0 Å². The van der Waals surface area contributed by atoms with Crippen molar-refractivity contribution in [2.24, 2.45) is 0 Å². The summed E-state index contributed by atoms with van der Waals surface area (Å²) in [5.74, 6) is 43.4. The van der Waals surface area contributed by atoms with Gasteiger partial charge in [0.1, 0.15) is 0 Å². The number of aromatic nitrogens is 8. The Kier molecular flexibility index (Phi) is 36.2. The van der Waals surface area contributed by atoms with Crippen molar-refractivity contribution in [3.8, 4) is 90.6 Å². The van der Waals surface area contributed by atoms with Crippen molar-refractivity contribution in [2.45, 2.75) is 370 Å². The summed E-state index contributed by atoms with van der Waals surface area (Å²) in [5, 5.41) is 0. The summed E-state index contributed by atoms with van der Waals surface area (Å²) in [7, 11) is 0. The number of hydrogen-bond donors (Lipinski definition) is 4. The molecular weight excluding hydrogens is 1730 g/mol. The molecular formula is C124H146N8S4. The molecule has 0 saturated carbocycles. The number of hydrogen-bond acceptors (Lipinski definition) is 8. The van der Waals surface area contributed by atoms with E-state index in [0.29, 0.717) is 0 Å². The van der Waals surface area contributed by atoms with E-state index in [1.54, 1.807) is 0 Å². The number of aryl methyl sites for hydroxylation is 12. The molecule has 4 aliphatic rings. The highest BCUT2D eigenvalue weighted by Gasteiger charge is 2.31. The predicted octanol–water partition coefficient (Wildman–Crippen LogP) is 34.6. The van der Waals surface area contributed by atoms with Crippen molar-refractivity contribution in [2.75, 3.05) is 0 Å². The normalized spacial score (nSPS) is 12.4. The minimum atomic E-state index is 0.819. The zero-order valence-electron chi connectivity index (χ0n) is 85.7. The molecule has 4 aliphatic heterocycles. The van der Waals surface area contributed by atoms with Crippen molar-refractivity contribution in [1.29, 1.82) is 0 Å². The average Bonchev–Trinajstić information content (AvgIpc) is 1.60. The van der Waals surface area contributed by atoms with Crippen molar-refractivity contribution in [3.05, 3.63) is 204 Å². The lowest BCUT2D eigenvalue weighted by molar-refractivity contribution is 0.667. The smallest absolute Gasteiger partial charge is 0.0851 e. The van der Waals surface area contributed by atoms with Gasteiger partial charge < -0.3 is 19.9 Å². The van der Waals surface area contributed by atoms with Crippen molar-refractivity contribution in [1.82, 2.24) is 39.9 Å². The van der Waals surface area contributed by atoms with E-state index in [4.69, 9.17) is 19.9 Å². The average molecular weight is 1880 g/mol. The monoisotopic (exact) mass is 1880 g/mol. The zero-order chi connectivity index (χ0) is 96.1. The Morgan fingerprint density at radius 1 is 0.206 bits per heavy atom. The lowest BCUT2D eigenvalue weighted by Crippen LogP contribution is -1.95. The quantitative estimate of drug-likeness (QED) is 0.0228. The molecule has 14 rings (SSSR count). The van der Waals surface area contributed by atoms with Gasteiger partial charge in [-0.1, -0.05) is 216 Å². The molecule has 14 heterocycles. The van der Waals surface area contributed by atoms with Crippen LogP contribution in [0.3, 0.4) is 0 Å². The van der Waals surface area contributed by atoms with Crippen LogP contribution >= 0.6 is 45.3 Å². The van der Waals surface area contributed by atoms with Crippen LogP contribution in [-0.4, -0.2) is 39.9 Å². The Balaban J connectivity index is 0.843. The third kappa shape index (κ3) is 21.9. The lowest BCUT2D eigenvalue weighted by atomic mass is 9.94. The molecule has 0 amide bonds. The van der Waals surface area contributed by atoms with Gasteiger partial charge in [-0.15, -0.1) is 45.3 Å². The number of H-pyrrole nitrogens is 4. The maximum Gasteiger partial charge on any atom is 0.0851 e. The Labute approximate surface area is 831 Å². The van der Waals surface area contributed by atoms with Crippen LogP contribution in [0.5, 0.6) is 0 Å². The summed E-state index contributed by atoms with van der Waals surface area (Å²) in [6, 6.07) is 23.8. The molecule has 706 valence electrons. The second kappa shape index (κ2) is 48.6. The number of fused-ring (bicyclic) bond motifs is 16. The Bertz CT molecular complexity index is 6370. The van der Waals surface area contributed by atoms with E-state index in [1.165, 1.54) is 230 Å². The van der Waals surface area contributed by atoms with Crippen LogP contribution in [0.2, 0.25) is 0 Å². The Morgan fingerprint density at radius 3 is 0.581 bits per heavy atom. The van der Waals surface area contributed by atoms with E-state index in [9.17, 15) is 0 Å². The first kappa shape index (κ1) is 101. The van der Waals surface area contributed by atoms with Gasteiger partial charge in [-0.3, -0.25) is 0 Å². The molecule has 0 saturated heterocycles. The van der Waals surface area contributed by atoms with Gasteiger partial charge in [0.15, 0.2) is 0 Å². The number of allylic oxidation sites excluding steroid dienone is 8. The fourth-order valence-electron chi connectivity index (χ4n) is 21.5. The second-order valence-electron chi connectivity index (χ2n) is 36.7. The molecule has 8 nitrogen and oxygen atoms in total. The van der Waals surface area contributed by atoms with Gasteiger partial charge in [0, 0.05) is 63.6 Å². The SMILES string of the molecule is CCCCCCc1cc(-c2cc(CCCCCC)c(C#CC#Cc3c4nc(cc5[nH]c(cc6[nH]c(cc7nc3C(CC)=C7CC)c(CC)c6CC)c(CC)c5CC)C(CC)=C4CC)s2)sc1C#CC#Cc1sc(-c2cc(CCCCCC)c(C#CC#Cc3c4nc(cc5[nH]c(cc6[nH]c(cc7nc3C(CC)=C7CC)c(CC)c6CC)c(CC)c5CC)C(CC)=C4CC)s2)cc1CCCCCC. The van der Waals surface area contributed by atoms with Crippen LogP contribution < -0.4 is 0 Å². The maximum atomic E-state index is 5.71. The molecule has 16 bridgehead atoms. The molecule has 0 radical (unpaired) electrons.